The van der Waals surface area contributed by atoms with Crippen LogP contribution in [0.25, 0.3) is 0 Å². The Hall–Kier alpha value is -2.24. The molecule has 0 spiro atoms. The van der Waals surface area contributed by atoms with Gasteiger partial charge >= 0.3 is 0 Å². The van der Waals surface area contributed by atoms with Crippen molar-refractivity contribution in [1.82, 2.24) is 10.2 Å². The van der Waals surface area contributed by atoms with Crippen LogP contribution in [0, 0.1) is 0 Å². The molecule has 0 saturated heterocycles. The van der Waals surface area contributed by atoms with Gasteiger partial charge in [-0.25, -0.2) is 0 Å². The Balaban J connectivity index is 2.04. The fraction of sp³-hybridized carbons (Fsp3) is 0.417. The van der Waals surface area contributed by atoms with Gasteiger partial charge in [0, 0.05) is 29.1 Å². The van der Waals surface area contributed by atoms with Crippen LogP contribution < -0.4 is 10.1 Å². The lowest BCUT2D eigenvalue weighted by molar-refractivity contribution is -0.141. The minimum atomic E-state index is -0.539. The highest BCUT2D eigenvalue weighted by atomic mass is 35.5. The number of halogens is 2. The zero-order valence-corrected chi connectivity index (χ0v) is 19.7. The first kappa shape index (κ1) is 25.0. The van der Waals surface area contributed by atoms with E-state index < -0.39 is 6.04 Å². The molecule has 2 aromatic carbocycles. The first-order valence-corrected chi connectivity index (χ1v) is 11.3. The summed E-state index contributed by atoms with van der Waals surface area (Å²) in [6.45, 7) is 6.47. The van der Waals surface area contributed by atoms with Crippen LogP contribution in [0.4, 0.5) is 0 Å². The average Bonchev–Trinajstić information content (AvgIpc) is 2.73. The highest BCUT2D eigenvalue weighted by Gasteiger charge is 2.28. The third-order valence-electron chi connectivity index (χ3n) is 4.70. The lowest BCUT2D eigenvalue weighted by atomic mass is 10.1. The van der Waals surface area contributed by atoms with Crippen molar-refractivity contribution in [2.75, 3.05) is 6.61 Å². The van der Waals surface area contributed by atoms with Crippen LogP contribution in [0.2, 0.25) is 10.0 Å². The van der Waals surface area contributed by atoms with E-state index in [4.69, 9.17) is 27.9 Å². The van der Waals surface area contributed by atoms with Gasteiger partial charge in [-0.15, -0.1) is 0 Å². The molecule has 168 valence electrons. The predicted octanol–water partition coefficient (Wildman–Crippen LogP) is 5.48. The molecule has 1 atom stereocenters. The van der Waals surface area contributed by atoms with Crippen molar-refractivity contribution in [1.29, 1.82) is 0 Å². The van der Waals surface area contributed by atoms with E-state index >= 15 is 0 Å². The number of hydrogen-bond donors (Lipinski definition) is 1. The summed E-state index contributed by atoms with van der Waals surface area (Å²) in [4.78, 5) is 27.5. The van der Waals surface area contributed by atoms with Gasteiger partial charge in [0.1, 0.15) is 11.8 Å². The second-order valence-corrected chi connectivity index (χ2v) is 8.51. The third-order valence-corrected chi connectivity index (χ3v) is 5.20. The Bertz CT molecular complexity index is 839. The summed E-state index contributed by atoms with van der Waals surface area (Å²) in [5.41, 5.74) is 0.922. The van der Waals surface area contributed by atoms with E-state index in [0.717, 1.165) is 5.56 Å². The van der Waals surface area contributed by atoms with Gasteiger partial charge in [0.25, 0.3) is 0 Å². The Labute approximate surface area is 194 Å². The van der Waals surface area contributed by atoms with Crippen LogP contribution in [0.1, 0.15) is 45.6 Å². The molecule has 0 saturated carbocycles. The largest absolute Gasteiger partial charge is 0.494 e. The molecule has 0 aromatic heterocycles. The van der Waals surface area contributed by atoms with E-state index in [1.165, 1.54) is 0 Å². The normalized spacial score (nSPS) is 11.8. The third kappa shape index (κ3) is 8.42. The topological polar surface area (TPSA) is 58.6 Å². The summed E-state index contributed by atoms with van der Waals surface area (Å²) in [6, 6.07) is 13.9. The summed E-state index contributed by atoms with van der Waals surface area (Å²) < 4.78 is 5.69. The van der Waals surface area contributed by atoms with E-state index in [0.29, 0.717) is 41.8 Å². The standard InChI is InChI=1S/C24H30Cl2N2O3/c1-4-22(24(30)27-17(2)3)28(16-18-7-9-19(25)10-8-18)23(29)6-5-15-31-21-13-11-20(26)12-14-21/h7-14,17,22H,4-6,15-16H2,1-3H3,(H,27,30). The van der Waals surface area contributed by atoms with Gasteiger partial charge in [0.05, 0.1) is 6.61 Å². The zero-order chi connectivity index (χ0) is 22.8. The zero-order valence-electron chi connectivity index (χ0n) is 18.2. The summed E-state index contributed by atoms with van der Waals surface area (Å²) in [5, 5.41) is 4.20. The Morgan fingerprint density at radius 2 is 1.58 bits per heavy atom. The molecular formula is C24H30Cl2N2O3. The molecule has 0 bridgehead atoms. The van der Waals surface area contributed by atoms with E-state index in [-0.39, 0.29) is 24.3 Å². The summed E-state index contributed by atoms with van der Waals surface area (Å²) in [5.74, 6) is 0.482. The maximum atomic E-state index is 13.1. The fourth-order valence-corrected chi connectivity index (χ4v) is 3.43. The second kappa shape index (κ2) is 12.6. The second-order valence-electron chi connectivity index (χ2n) is 7.64. The van der Waals surface area contributed by atoms with Gasteiger partial charge in [-0.2, -0.15) is 0 Å². The number of carbonyl (C=O) groups is 2. The molecule has 1 unspecified atom stereocenters. The number of benzene rings is 2. The number of ether oxygens (including phenoxy) is 1. The molecule has 0 fully saturated rings. The van der Waals surface area contributed by atoms with E-state index in [1.54, 1.807) is 41.3 Å². The number of carbonyl (C=O) groups excluding carboxylic acids is 2. The molecule has 0 aliphatic rings. The van der Waals surface area contributed by atoms with Crippen LogP contribution in [0.15, 0.2) is 48.5 Å². The number of nitrogens with zero attached hydrogens (tertiary/aromatic N) is 1. The molecule has 0 aliphatic heterocycles. The maximum Gasteiger partial charge on any atom is 0.243 e. The molecule has 2 aromatic rings. The van der Waals surface area contributed by atoms with Crippen molar-refractivity contribution in [3.8, 4) is 5.75 Å². The van der Waals surface area contributed by atoms with Crippen LogP contribution in [-0.4, -0.2) is 35.4 Å². The highest BCUT2D eigenvalue weighted by Crippen LogP contribution is 2.18. The van der Waals surface area contributed by atoms with Gasteiger partial charge in [-0.3, -0.25) is 9.59 Å². The Morgan fingerprint density at radius 1 is 1.00 bits per heavy atom. The van der Waals surface area contributed by atoms with Crippen LogP contribution >= 0.6 is 23.2 Å². The lowest BCUT2D eigenvalue weighted by Crippen LogP contribution is -2.50. The van der Waals surface area contributed by atoms with Crippen molar-refractivity contribution in [3.05, 3.63) is 64.1 Å². The van der Waals surface area contributed by atoms with Gasteiger partial charge < -0.3 is 15.0 Å². The fourth-order valence-electron chi connectivity index (χ4n) is 3.17. The molecule has 0 radical (unpaired) electrons. The van der Waals surface area contributed by atoms with Crippen LogP contribution in [0.5, 0.6) is 5.75 Å². The summed E-state index contributed by atoms with van der Waals surface area (Å²) in [6.07, 6.45) is 1.35. The predicted molar refractivity (Wildman–Crippen MR) is 126 cm³/mol. The lowest BCUT2D eigenvalue weighted by Gasteiger charge is -2.31. The van der Waals surface area contributed by atoms with Crippen molar-refractivity contribution in [3.63, 3.8) is 0 Å². The van der Waals surface area contributed by atoms with Gasteiger partial charge in [-0.1, -0.05) is 42.3 Å². The molecule has 1 N–H and O–H groups in total. The smallest absolute Gasteiger partial charge is 0.243 e. The minimum Gasteiger partial charge on any atom is -0.494 e. The molecule has 2 amide bonds. The quantitative estimate of drug-likeness (QED) is 0.447. The van der Waals surface area contributed by atoms with Gasteiger partial charge in [-0.05, 0) is 68.7 Å². The highest BCUT2D eigenvalue weighted by molar-refractivity contribution is 6.30. The first-order chi connectivity index (χ1) is 14.8. The molecule has 0 aliphatic carbocycles. The van der Waals surface area contributed by atoms with E-state index in [1.807, 2.05) is 32.9 Å². The number of amides is 2. The number of hydrogen-bond acceptors (Lipinski definition) is 3. The number of rotatable bonds is 11. The summed E-state index contributed by atoms with van der Waals surface area (Å²) in [7, 11) is 0. The Kier molecular flexibility index (Phi) is 10.2. The summed E-state index contributed by atoms with van der Waals surface area (Å²) >= 11 is 11.9. The molecule has 5 nitrogen and oxygen atoms in total. The van der Waals surface area contributed by atoms with Crippen molar-refractivity contribution < 1.29 is 14.3 Å². The van der Waals surface area contributed by atoms with E-state index in [9.17, 15) is 9.59 Å². The molecule has 31 heavy (non-hydrogen) atoms. The molecule has 0 heterocycles. The van der Waals surface area contributed by atoms with Crippen molar-refractivity contribution in [2.24, 2.45) is 0 Å². The molecule has 7 heteroatoms. The van der Waals surface area contributed by atoms with Gasteiger partial charge in [0.2, 0.25) is 11.8 Å². The molecule has 2 rings (SSSR count). The molecular weight excluding hydrogens is 435 g/mol. The number of nitrogens with one attached hydrogen (secondary N) is 1. The van der Waals surface area contributed by atoms with Crippen LogP contribution in [0.3, 0.4) is 0 Å². The minimum absolute atomic E-state index is 0.00168. The van der Waals surface area contributed by atoms with Crippen molar-refractivity contribution in [2.45, 2.75) is 58.7 Å². The monoisotopic (exact) mass is 464 g/mol. The maximum absolute atomic E-state index is 13.1. The Morgan fingerprint density at radius 3 is 2.13 bits per heavy atom. The average molecular weight is 465 g/mol. The van der Waals surface area contributed by atoms with E-state index in [2.05, 4.69) is 5.32 Å². The van der Waals surface area contributed by atoms with Crippen molar-refractivity contribution >= 4 is 35.0 Å². The first-order valence-electron chi connectivity index (χ1n) is 10.5. The van der Waals surface area contributed by atoms with Crippen LogP contribution in [-0.2, 0) is 16.1 Å². The van der Waals surface area contributed by atoms with Gasteiger partial charge in [0.15, 0.2) is 0 Å². The SMILES string of the molecule is CCC(C(=O)NC(C)C)N(Cc1ccc(Cl)cc1)C(=O)CCCOc1ccc(Cl)cc1.